The molecule has 3 amide bonds. The molecule has 0 bridgehead atoms. The van der Waals surface area contributed by atoms with E-state index >= 15 is 0 Å². The minimum atomic E-state index is -0.511. The summed E-state index contributed by atoms with van der Waals surface area (Å²) in [6.45, 7) is 4.44. The van der Waals surface area contributed by atoms with Crippen LogP contribution in [0.15, 0.2) is 54.6 Å². The highest BCUT2D eigenvalue weighted by atomic mass is 16.5. The van der Waals surface area contributed by atoms with Gasteiger partial charge in [0.15, 0.2) is 0 Å². The largest absolute Gasteiger partial charge is 0.374 e. The van der Waals surface area contributed by atoms with Crippen LogP contribution in [0.1, 0.15) is 40.1 Å². The molecule has 2 heterocycles. The lowest BCUT2D eigenvalue weighted by Gasteiger charge is -2.45. The van der Waals surface area contributed by atoms with Crippen molar-refractivity contribution in [3.05, 3.63) is 71.3 Å². The van der Waals surface area contributed by atoms with Crippen molar-refractivity contribution in [2.24, 2.45) is 0 Å². The zero-order valence-electron chi connectivity index (χ0n) is 16.6. The summed E-state index contributed by atoms with van der Waals surface area (Å²) in [6.07, 6.45) is 0.574. The molecule has 6 heteroatoms. The molecule has 1 fully saturated rings. The summed E-state index contributed by atoms with van der Waals surface area (Å²) in [5.74, 6) is -1.07. The highest BCUT2D eigenvalue weighted by molar-refractivity contribution is 6.22. The molecule has 0 aliphatic carbocycles. The van der Waals surface area contributed by atoms with Crippen molar-refractivity contribution in [1.29, 1.82) is 0 Å². The van der Waals surface area contributed by atoms with Gasteiger partial charge in [0.2, 0.25) is 5.91 Å². The second-order valence-electron chi connectivity index (χ2n) is 8.18. The average molecular weight is 392 g/mol. The molecule has 0 saturated carbocycles. The van der Waals surface area contributed by atoms with Crippen LogP contribution >= 0.6 is 0 Å². The summed E-state index contributed by atoms with van der Waals surface area (Å²) in [5.41, 5.74) is 1.34. The number of amides is 3. The van der Waals surface area contributed by atoms with E-state index in [1.807, 2.05) is 44.2 Å². The third-order valence-corrected chi connectivity index (χ3v) is 5.57. The first-order chi connectivity index (χ1) is 13.9. The normalized spacial score (nSPS) is 20.7. The number of hydrogen-bond acceptors (Lipinski definition) is 4. The summed E-state index contributed by atoms with van der Waals surface area (Å²) in [4.78, 5) is 41.1. The van der Waals surface area contributed by atoms with Crippen LogP contribution in [-0.2, 0) is 16.0 Å². The number of fused-ring (bicyclic) bond motifs is 1. The van der Waals surface area contributed by atoms with Crippen molar-refractivity contribution in [1.82, 2.24) is 9.80 Å². The van der Waals surface area contributed by atoms with Crippen LogP contribution < -0.4 is 0 Å². The molecule has 1 atom stereocenters. The molecule has 2 aromatic carbocycles. The predicted octanol–water partition coefficient (Wildman–Crippen LogP) is 2.53. The Labute approximate surface area is 170 Å². The smallest absolute Gasteiger partial charge is 0.262 e. The fourth-order valence-electron chi connectivity index (χ4n) is 3.95. The van der Waals surface area contributed by atoms with Gasteiger partial charge in [0.1, 0.15) is 6.54 Å². The fourth-order valence-corrected chi connectivity index (χ4v) is 3.95. The fraction of sp³-hybridized carbons (Fsp3) is 0.348. The second-order valence-corrected chi connectivity index (χ2v) is 8.18. The molecule has 29 heavy (non-hydrogen) atoms. The highest BCUT2D eigenvalue weighted by Gasteiger charge is 2.42. The molecule has 0 radical (unpaired) electrons. The monoisotopic (exact) mass is 392 g/mol. The average Bonchev–Trinajstić information content (AvgIpc) is 2.95. The number of nitrogens with zero attached hydrogens (tertiary/aromatic N) is 2. The standard InChI is InChI=1S/C23H24N2O4/c1-23(2)15-29-17(12-16-8-4-3-5-9-16)13-25(23)20(26)14-24-21(27)18-10-6-7-11-19(18)22(24)28/h3-11,17H,12-15H2,1-2H3. The number of rotatable bonds is 4. The van der Waals surface area contributed by atoms with Gasteiger partial charge in [-0.3, -0.25) is 19.3 Å². The molecule has 0 aromatic heterocycles. The maximum absolute atomic E-state index is 13.1. The van der Waals surface area contributed by atoms with Crippen molar-refractivity contribution in [3.63, 3.8) is 0 Å². The Morgan fingerprint density at radius 3 is 2.21 bits per heavy atom. The molecule has 2 aromatic rings. The topological polar surface area (TPSA) is 66.9 Å². The quantitative estimate of drug-likeness (QED) is 0.750. The number of ether oxygens (including phenoxy) is 1. The van der Waals surface area contributed by atoms with E-state index in [-0.39, 0.29) is 18.6 Å². The molecule has 4 rings (SSSR count). The maximum atomic E-state index is 13.1. The Morgan fingerprint density at radius 1 is 1.00 bits per heavy atom. The zero-order chi connectivity index (χ0) is 20.6. The molecule has 2 aliphatic rings. The van der Waals surface area contributed by atoms with Gasteiger partial charge >= 0.3 is 0 Å². The van der Waals surface area contributed by atoms with Crippen LogP contribution in [0.4, 0.5) is 0 Å². The summed E-state index contributed by atoms with van der Waals surface area (Å²) in [6, 6.07) is 16.7. The number of imide groups is 1. The second kappa shape index (κ2) is 7.44. The first-order valence-corrected chi connectivity index (χ1v) is 9.78. The molecule has 2 aliphatic heterocycles. The number of morpholine rings is 1. The maximum Gasteiger partial charge on any atom is 0.262 e. The highest BCUT2D eigenvalue weighted by Crippen LogP contribution is 2.26. The van der Waals surface area contributed by atoms with Gasteiger partial charge in [-0.15, -0.1) is 0 Å². The lowest BCUT2D eigenvalue weighted by molar-refractivity contribution is -0.154. The Hall–Kier alpha value is -2.99. The lowest BCUT2D eigenvalue weighted by Crippen LogP contribution is -2.60. The number of benzene rings is 2. The Bertz CT molecular complexity index is 919. The molecule has 1 unspecified atom stereocenters. The van der Waals surface area contributed by atoms with E-state index < -0.39 is 17.4 Å². The number of hydrogen-bond donors (Lipinski definition) is 0. The molecular weight excluding hydrogens is 368 g/mol. The van der Waals surface area contributed by atoms with E-state index in [0.717, 1.165) is 10.5 Å². The molecule has 0 spiro atoms. The van der Waals surface area contributed by atoms with E-state index in [0.29, 0.717) is 30.7 Å². The van der Waals surface area contributed by atoms with Crippen molar-refractivity contribution in [3.8, 4) is 0 Å². The van der Waals surface area contributed by atoms with E-state index in [2.05, 4.69) is 0 Å². The van der Waals surface area contributed by atoms with Crippen molar-refractivity contribution >= 4 is 17.7 Å². The molecule has 150 valence electrons. The third-order valence-electron chi connectivity index (χ3n) is 5.57. The first-order valence-electron chi connectivity index (χ1n) is 9.78. The Balaban J connectivity index is 1.48. The van der Waals surface area contributed by atoms with Crippen LogP contribution in [0.25, 0.3) is 0 Å². The van der Waals surface area contributed by atoms with Gasteiger partial charge in [0.05, 0.1) is 29.4 Å². The minimum absolute atomic E-state index is 0.128. The summed E-state index contributed by atoms with van der Waals surface area (Å²) < 4.78 is 6.00. The van der Waals surface area contributed by atoms with E-state index in [9.17, 15) is 14.4 Å². The van der Waals surface area contributed by atoms with Gasteiger partial charge in [0.25, 0.3) is 11.8 Å². The number of carbonyl (C=O) groups excluding carboxylic acids is 3. The number of carbonyl (C=O) groups is 3. The van der Waals surface area contributed by atoms with Gasteiger partial charge < -0.3 is 9.64 Å². The van der Waals surface area contributed by atoms with Crippen molar-refractivity contribution in [2.45, 2.75) is 31.9 Å². The van der Waals surface area contributed by atoms with Crippen molar-refractivity contribution in [2.75, 3.05) is 19.7 Å². The molecule has 6 nitrogen and oxygen atoms in total. The third kappa shape index (κ3) is 3.68. The summed E-state index contributed by atoms with van der Waals surface area (Å²) in [7, 11) is 0. The zero-order valence-corrected chi connectivity index (χ0v) is 16.6. The Kier molecular flexibility index (Phi) is 4.96. The minimum Gasteiger partial charge on any atom is -0.374 e. The molecular formula is C23H24N2O4. The van der Waals surface area contributed by atoms with Gasteiger partial charge in [0, 0.05) is 13.0 Å². The van der Waals surface area contributed by atoms with Gasteiger partial charge in [-0.05, 0) is 31.5 Å². The molecule has 0 N–H and O–H groups in total. The lowest BCUT2D eigenvalue weighted by atomic mass is 9.98. The van der Waals surface area contributed by atoms with Gasteiger partial charge in [-0.25, -0.2) is 0 Å². The van der Waals surface area contributed by atoms with Crippen LogP contribution in [-0.4, -0.2) is 58.9 Å². The van der Waals surface area contributed by atoms with Gasteiger partial charge in [-0.1, -0.05) is 42.5 Å². The van der Waals surface area contributed by atoms with E-state index in [1.54, 1.807) is 29.2 Å². The SMILES string of the molecule is CC1(C)COC(Cc2ccccc2)CN1C(=O)CN1C(=O)c2ccccc2C1=O. The Morgan fingerprint density at radius 2 is 1.59 bits per heavy atom. The summed E-state index contributed by atoms with van der Waals surface area (Å²) >= 11 is 0. The van der Waals surface area contributed by atoms with E-state index in [1.165, 1.54) is 0 Å². The van der Waals surface area contributed by atoms with Crippen LogP contribution in [0.5, 0.6) is 0 Å². The van der Waals surface area contributed by atoms with Gasteiger partial charge in [-0.2, -0.15) is 0 Å². The summed E-state index contributed by atoms with van der Waals surface area (Å²) in [5, 5.41) is 0. The van der Waals surface area contributed by atoms with E-state index in [4.69, 9.17) is 4.74 Å². The van der Waals surface area contributed by atoms with Crippen molar-refractivity contribution < 1.29 is 19.1 Å². The first kappa shape index (κ1) is 19.3. The molecule has 1 saturated heterocycles. The van der Waals surface area contributed by atoms with Crippen LogP contribution in [0.2, 0.25) is 0 Å². The van der Waals surface area contributed by atoms with Crippen LogP contribution in [0, 0.1) is 0 Å². The predicted molar refractivity (Wildman–Crippen MR) is 107 cm³/mol. The van der Waals surface area contributed by atoms with Crippen LogP contribution in [0.3, 0.4) is 0 Å².